The Bertz CT molecular complexity index is 412. The molecule has 0 heterocycles. The van der Waals surface area contributed by atoms with Crippen molar-refractivity contribution in [1.82, 2.24) is 0 Å². The van der Waals surface area contributed by atoms with Crippen molar-refractivity contribution in [3.8, 4) is 0 Å². The number of hydrogen-bond donors (Lipinski definition) is 2. The molecule has 0 aromatic heterocycles. The Morgan fingerprint density at radius 1 is 0.536 bits per heavy atom. The average molecular weight is 415 g/mol. The Morgan fingerprint density at radius 2 is 0.857 bits per heavy atom. The van der Waals surface area contributed by atoms with E-state index in [1.54, 1.807) is 6.08 Å². The molecule has 0 unspecified atom stereocenters. The molecule has 0 fully saturated rings. The molecule has 0 bridgehead atoms. The Hall–Kier alpha value is -0.370. The van der Waals surface area contributed by atoms with E-state index < -0.39 is 7.60 Å². The van der Waals surface area contributed by atoms with Crippen LogP contribution in [0.4, 0.5) is 0 Å². The van der Waals surface area contributed by atoms with E-state index in [0.717, 1.165) is 25.1 Å². The van der Waals surface area contributed by atoms with Gasteiger partial charge >= 0.3 is 7.60 Å². The van der Waals surface area contributed by atoms with E-state index in [9.17, 15) is 4.57 Å². The lowest BCUT2D eigenvalue weighted by molar-refractivity contribution is 0.386. The van der Waals surface area contributed by atoms with Gasteiger partial charge in [-0.3, -0.25) is 4.57 Å². The summed E-state index contributed by atoms with van der Waals surface area (Å²) in [5, 5.41) is 0. The maximum absolute atomic E-state index is 10.6. The van der Waals surface area contributed by atoms with Crippen LogP contribution in [0.2, 0.25) is 0 Å². The molecule has 0 aromatic carbocycles. The third kappa shape index (κ3) is 25.6. The highest BCUT2D eigenvalue weighted by molar-refractivity contribution is 7.55. The van der Waals surface area contributed by atoms with Crippen LogP contribution < -0.4 is 0 Å². The van der Waals surface area contributed by atoms with Crippen molar-refractivity contribution >= 4 is 7.60 Å². The summed E-state index contributed by atoms with van der Waals surface area (Å²) in [5.41, 5.74) is 0. The van der Waals surface area contributed by atoms with E-state index in [1.807, 2.05) is 0 Å². The number of allylic oxidation sites excluding steroid dienone is 3. The SMILES string of the molecule is CCCCCCCCC=CCCCCCCCCCCCCC=CP(=O)(O)O. The second-order valence-corrected chi connectivity index (χ2v) is 9.59. The molecule has 0 aliphatic carbocycles. The van der Waals surface area contributed by atoms with Crippen LogP contribution >= 0.6 is 7.60 Å². The maximum atomic E-state index is 10.6. The summed E-state index contributed by atoms with van der Waals surface area (Å²) < 4.78 is 10.6. The van der Waals surface area contributed by atoms with Crippen molar-refractivity contribution in [1.29, 1.82) is 0 Å². The van der Waals surface area contributed by atoms with E-state index in [2.05, 4.69) is 19.1 Å². The predicted molar refractivity (Wildman–Crippen MR) is 124 cm³/mol. The Balaban J connectivity index is 3.15. The molecule has 4 heteroatoms. The highest BCUT2D eigenvalue weighted by Gasteiger charge is 2.04. The van der Waals surface area contributed by atoms with Gasteiger partial charge in [0.05, 0.1) is 0 Å². The lowest BCUT2D eigenvalue weighted by atomic mass is 10.0. The summed E-state index contributed by atoms with van der Waals surface area (Å²) in [6.07, 6.45) is 30.9. The van der Waals surface area contributed by atoms with Crippen molar-refractivity contribution in [2.24, 2.45) is 0 Å². The van der Waals surface area contributed by atoms with Gasteiger partial charge in [0.1, 0.15) is 0 Å². The lowest BCUT2D eigenvalue weighted by Gasteiger charge is -2.02. The first-order chi connectivity index (χ1) is 13.6. The standard InChI is InChI=1S/C24H47O3P/c1-2-3-4-5-6-7-8-9-10-11-12-13-14-15-16-17-18-19-20-21-22-23-24-28(25,26)27/h9-10,23-24H,2-8,11-22H2,1H3,(H2,25,26,27). The molecule has 0 amide bonds. The Kier molecular flexibility index (Phi) is 21.1. The molecule has 0 saturated carbocycles. The highest BCUT2D eigenvalue weighted by Crippen LogP contribution is 2.36. The summed E-state index contributed by atoms with van der Waals surface area (Å²) in [4.78, 5) is 17.4. The van der Waals surface area contributed by atoms with E-state index >= 15 is 0 Å². The molecule has 166 valence electrons. The van der Waals surface area contributed by atoms with Gasteiger partial charge in [-0.2, -0.15) is 0 Å². The van der Waals surface area contributed by atoms with Crippen LogP contribution in [0.3, 0.4) is 0 Å². The summed E-state index contributed by atoms with van der Waals surface area (Å²) in [7, 11) is -3.95. The van der Waals surface area contributed by atoms with Gasteiger partial charge in [0, 0.05) is 5.82 Å². The minimum absolute atomic E-state index is 0.776. The van der Waals surface area contributed by atoms with E-state index in [-0.39, 0.29) is 0 Å². The van der Waals surface area contributed by atoms with Crippen LogP contribution in [-0.4, -0.2) is 9.79 Å². The van der Waals surface area contributed by atoms with Crippen molar-refractivity contribution in [3.05, 3.63) is 24.0 Å². The van der Waals surface area contributed by atoms with Gasteiger partial charge in [0.15, 0.2) is 0 Å². The van der Waals surface area contributed by atoms with Crippen molar-refractivity contribution in [2.45, 2.75) is 129 Å². The lowest BCUT2D eigenvalue weighted by Crippen LogP contribution is -1.82. The monoisotopic (exact) mass is 414 g/mol. The first-order valence-electron chi connectivity index (χ1n) is 11.9. The Morgan fingerprint density at radius 3 is 1.21 bits per heavy atom. The van der Waals surface area contributed by atoms with E-state index in [0.29, 0.717) is 0 Å². The molecule has 2 N–H and O–H groups in total. The summed E-state index contributed by atoms with van der Waals surface area (Å²) in [6, 6.07) is 0. The summed E-state index contributed by atoms with van der Waals surface area (Å²) >= 11 is 0. The van der Waals surface area contributed by atoms with Crippen LogP contribution in [0.25, 0.3) is 0 Å². The van der Waals surface area contributed by atoms with Gasteiger partial charge < -0.3 is 9.79 Å². The zero-order valence-electron chi connectivity index (χ0n) is 18.5. The van der Waals surface area contributed by atoms with E-state index in [4.69, 9.17) is 9.79 Å². The molecular formula is C24H47O3P. The molecule has 28 heavy (non-hydrogen) atoms. The van der Waals surface area contributed by atoms with Gasteiger partial charge in [-0.1, -0.05) is 109 Å². The van der Waals surface area contributed by atoms with Gasteiger partial charge in [-0.05, 0) is 38.5 Å². The second kappa shape index (κ2) is 21.3. The van der Waals surface area contributed by atoms with Crippen molar-refractivity contribution in [2.75, 3.05) is 0 Å². The molecule has 0 radical (unpaired) electrons. The molecular weight excluding hydrogens is 367 g/mol. The molecule has 0 aromatic rings. The maximum Gasteiger partial charge on any atom is 0.348 e. The number of rotatable bonds is 21. The van der Waals surface area contributed by atoms with Gasteiger partial charge in [-0.25, -0.2) is 0 Å². The molecule has 0 rings (SSSR count). The molecule has 0 saturated heterocycles. The average Bonchev–Trinajstić information content (AvgIpc) is 2.65. The third-order valence-electron chi connectivity index (χ3n) is 5.18. The second-order valence-electron chi connectivity index (χ2n) is 8.11. The summed E-state index contributed by atoms with van der Waals surface area (Å²) in [6.45, 7) is 2.27. The zero-order valence-corrected chi connectivity index (χ0v) is 19.4. The van der Waals surface area contributed by atoms with Gasteiger partial charge in [-0.15, -0.1) is 0 Å². The quantitative estimate of drug-likeness (QED) is 0.112. The predicted octanol–water partition coefficient (Wildman–Crippen LogP) is 8.67. The minimum Gasteiger partial charge on any atom is -0.321 e. The fraction of sp³-hybridized carbons (Fsp3) is 0.833. The van der Waals surface area contributed by atoms with Crippen LogP contribution in [0, 0.1) is 0 Å². The summed E-state index contributed by atoms with van der Waals surface area (Å²) in [5.74, 6) is 1.03. The fourth-order valence-corrected chi connectivity index (χ4v) is 3.85. The smallest absolute Gasteiger partial charge is 0.321 e. The topological polar surface area (TPSA) is 57.5 Å². The van der Waals surface area contributed by atoms with Crippen molar-refractivity contribution in [3.63, 3.8) is 0 Å². The van der Waals surface area contributed by atoms with Crippen LogP contribution in [0.15, 0.2) is 24.0 Å². The van der Waals surface area contributed by atoms with Gasteiger partial charge in [0.2, 0.25) is 0 Å². The van der Waals surface area contributed by atoms with Crippen LogP contribution in [-0.2, 0) is 4.57 Å². The molecule has 3 nitrogen and oxygen atoms in total. The molecule has 0 spiro atoms. The van der Waals surface area contributed by atoms with E-state index in [1.165, 1.54) is 103 Å². The minimum atomic E-state index is -3.95. The molecule has 0 aliphatic rings. The van der Waals surface area contributed by atoms with Crippen LogP contribution in [0.5, 0.6) is 0 Å². The normalized spacial score (nSPS) is 12.5. The first-order valence-corrected chi connectivity index (χ1v) is 13.6. The number of hydrogen-bond acceptors (Lipinski definition) is 1. The largest absolute Gasteiger partial charge is 0.348 e. The fourth-order valence-electron chi connectivity index (χ4n) is 3.43. The third-order valence-corrected chi connectivity index (χ3v) is 5.78. The number of unbranched alkanes of at least 4 members (excludes halogenated alkanes) is 17. The molecule has 0 aliphatic heterocycles. The Labute approximate surface area is 175 Å². The van der Waals surface area contributed by atoms with Crippen molar-refractivity contribution < 1.29 is 14.4 Å². The highest BCUT2D eigenvalue weighted by atomic mass is 31.2. The van der Waals surface area contributed by atoms with Gasteiger partial charge in [0.25, 0.3) is 0 Å². The van der Waals surface area contributed by atoms with Crippen LogP contribution in [0.1, 0.15) is 129 Å². The molecule has 0 atom stereocenters. The first kappa shape index (κ1) is 27.6. The zero-order chi connectivity index (χ0) is 20.8.